The van der Waals surface area contributed by atoms with Gasteiger partial charge in [-0.1, -0.05) is 31.2 Å². The molecule has 0 radical (unpaired) electrons. The fourth-order valence-corrected chi connectivity index (χ4v) is 3.45. The maximum Gasteiger partial charge on any atom is 0.536 e. The third-order valence-corrected chi connectivity index (χ3v) is 5.13. The van der Waals surface area contributed by atoms with Crippen molar-refractivity contribution < 1.29 is 13.3 Å². The molecule has 0 spiro atoms. The Morgan fingerprint density at radius 2 is 1.67 bits per heavy atom. The molecule has 0 aliphatic rings. The van der Waals surface area contributed by atoms with Crippen LogP contribution in [0.3, 0.4) is 0 Å². The fraction of sp³-hybridized carbons (Fsp3) is 0.455. The summed E-state index contributed by atoms with van der Waals surface area (Å²) in [6.45, 7) is 2.12. The van der Waals surface area contributed by atoms with E-state index < -0.39 is 8.80 Å². The van der Waals surface area contributed by atoms with E-state index in [4.69, 9.17) is 13.3 Å². The third kappa shape index (κ3) is 2.46. The zero-order valence-electron chi connectivity index (χ0n) is 9.74. The summed E-state index contributed by atoms with van der Waals surface area (Å²) >= 11 is 0. The standard InChI is InChI=1S/C11H18O3Si/c1-5-10-7-6-8-11(9-10)15(12-2,13-3)14-4/h6-9H,5H2,1-4H3. The van der Waals surface area contributed by atoms with Crippen LogP contribution in [0.2, 0.25) is 0 Å². The quantitative estimate of drug-likeness (QED) is 0.709. The van der Waals surface area contributed by atoms with Crippen molar-refractivity contribution in [3.63, 3.8) is 0 Å². The zero-order chi connectivity index (χ0) is 11.3. The van der Waals surface area contributed by atoms with Gasteiger partial charge in [-0.05, 0) is 12.0 Å². The first-order valence-electron chi connectivity index (χ1n) is 4.97. The molecule has 0 N–H and O–H groups in total. The topological polar surface area (TPSA) is 27.7 Å². The number of rotatable bonds is 5. The van der Waals surface area contributed by atoms with Crippen LogP contribution in [0.1, 0.15) is 12.5 Å². The van der Waals surface area contributed by atoms with Crippen LogP contribution in [0.15, 0.2) is 24.3 Å². The Bertz CT molecular complexity index is 302. The summed E-state index contributed by atoms with van der Waals surface area (Å²) in [4.78, 5) is 0. The predicted octanol–water partition coefficient (Wildman–Crippen LogP) is 1.33. The normalized spacial score (nSPS) is 11.7. The molecule has 84 valence electrons. The molecule has 0 amide bonds. The number of benzene rings is 1. The highest BCUT2D eigenvalue weighted by molar-refractivity contribution is 6.75. The molecular formula is C11H18O3Si. The smallest absolute Gasteiger partial charge is 0.373 e. The number of aryl methyl sites for hydroxylation is 1. The minimum Gasteiger partial charge on any atom is -0.373 e. The van der Waals surface area contributed by atoms with Crippen LogP contribution in [0.5, 0.6) is 0 Å². The molecule has 0 unspecified atom stereocenters. The molecule has 3 nitrogen and oxygen atoms in total. The van der Waals surface area contributed by atoms with E-state index in [1.54, 1.807) is 21.3 Å². The first-order chi connectivity index (χ1) is 7.22. The van der Waals surface area contributed by atoms with Gasteiger partial charge in [-0.3, -0.25) is 0 Å². The molecule has 0 saturated heterocycles. The Hall–Kier alpha value is -0.683. The van der Waals surface area contributed by atoms with Crippen LogP contribution in [0.4, 0.5) is 0 Å². The van der Waals surface area contributed by atoms with Gasteiger partial charge in [-0.2, -0.15) is 0 Å². The minimum atomic E-state index is -2.64. The second-order valence-electron chi connectivity index (χ2n) is 3.22. The number of hydrogen-bond donors (Lipinski definition) is 0. The molecule has 1 rings (SSSR count). The van der Waals surface area contributed by atoms with Crippen molar-refractivity contribution in [1.29, 1.82) is 0 Å². The van der Waals surface area contributed by atoms with E-state index in [2.05, 4.69) is 19.1 Å². The fourth-order valence-electron chi connectivity index (χ4n) is 1.59. The van der Waals surface area contributed by atoms with Gasteiger partial charge in [0.25, 0.3) is 0 Å². The van der Waals surface area contributed by atoms with Crippen LogP contribution in [0.25, 0.3) is 0 Å². The first-order valence-corrected chi connectivity index (χ1v) is 6.69. The van der Waals surface area contributed by atoms with Gasteiger partial charge in [-0.15, -0.1) is 0 Å². The SMILES string of the molecule is CCc1cccc([Si](OC)(OC)OC)c1. The van der Waals surface area contributed by atoms with Crippen LogP contribution in [-0.2, 0) is 19.7 Å². The van der Waals surface area contributed by atoms with Crippen molar-refractivity contribution >= 4 is 14.0 Å². The maximum absolute atomic E-state index is 5.42. The summed E-state index contributed by atoms with van der Waals surface area (Å²) in [6, 6.07) is 8.17. The Labute approximate surface area is 92.3 Å². The molecule has 0 heterocycles. The summed E-state index contributed by atoms with van der Waals surface area (Å²) in [7, 11) is 2.23. The summed E-state index contributed by atoms with van der Waals surface area (Å²) in [5.74, 6) is 0. The molecular weight excluding hydrogens is 208 g/mol. The second kappa shape index (κ2) is 5.41. The molecule has 0 fully saturated rings. The average Bonchev–Trinajstić information content (AvgIpc) is 2.32. The Morgan fingerprint density at radius 3 is 2.13 bits per heavy atom. The van der Waals surface area contributed by atoms with Gasteiger partial charge in [0.1, 0.15) is 0 Å². The summed E-state index contributed by atoms with van der Waals surface area (Å²) in [5, 5.41) is 1.01. The second-order valence-corrected chi connectivity index (χ2v) is 6.14. The Kier molecular flexibility index (Phi) is 4.47. The van der Waals surface area contributed by atoms with E-state index in [1.807, 2.05) is 12.1 Å². The Balaban J connectivity index is 3.10. The predicted molar refractivity (Wildman–Crippen MR) is 62.2 cm³/mol. The van der Waals surface area contributed by atoms with Gasteiger partial charge in [0, 0.05) is 26.5 Å². The largest absolute Gasteiger partial charge is 0.536 e. The van der Waals surface area contributed by atoms with Crippen molar-refractivity contribution in [3.8, 4) is 0 Å². The third-order valence-electron chi connectivity index (χ3n) is 2.49. The molecule has 0 saturated carbocycles. The van der Waals surface area contributed by atoms with Crippen molar-refractivity contribution in [3.05, 3.63) is 29.8 Å². The van der Waals surface area contributed by atoms with Crippen LogP contribution in [-0.4, -0.2) is 30.1 Å². The van der Waals surface area contributed by atoms with Gasteiger partial charge in [-0.25, -0.2) is 0 Å². The lowest BCUT2D eigenvalue weighted by Gasteiger charge is -2.24. The molecule has 15 heavy (non-hydrogen) atoms. The first kappa shape index (κ1) is 12.4. The summed E-state index contributed by atoms with van der Waals surface area (Å²) in [5.41, 5.74) is 1.26. The molecule has 0 aliphatic heterocycles. The van der Waals surface area contributed by atoms with E-state index in [9.17, 15) is 0 Å². The summed E-state index contributed by atoms with van der Waals surface area (Å²) < 4.78 is 16.2. The van der Waals surface area contributed by atoms with E-state index in [1.165, 1.54) is 5.56 Å². The van der Waals surface area contributed by atoms with Crippen LogP contribution in [0, 0.1) is 0 Å². The van der Waals surface area contributed by atoms with E-state index >= 15 is 0 Å². The van der Waals surface area contributed by atoms with Gasteiger partial charge < -0.3 is 13.3 Å². The monoisotopic (exact) mass is 226 g/mol. The van der Waals surface area contributed by atoms with E-state index in [0.717, 1.165) is 11.6 Å². The average molecular weight is 226 g/mol. The Morgan fingerprint density at radius 1 is 1.07 bits per heavy atom. The minimum absolute atomic E-state index is 0.995. The molecule has 0 aliphatic carbocycles. The molecule has 0 bridgehead atoms. The van der Waals surface area contributed by atoms with E-state index in [-0.39, 0.29) is 0 Å². The van der Waals surface area contributed by atoms with Gasteiger partial charge in [0.05, 0.1) is 0 Å². The molecule has 1 aromatic carbocycles. The zero-order valence-corrected chi connectivity index (χ0v) is 10.7. The highest BCUT2D eigenvalue weighted by Crippen LogP contribution is 2.08. The van der Waals surface area contributed by atoms with Crippen molar-refractivity contribution in [2.75, 3.05) is 21.3 Å². The molecule has 1 aromatic rings. The van der Waals surface area contributed by atoms with E-state index in [0.29, 0.717) is 0 Å². The lowest BCUT2D eigenvalue weighted by atomic mass is 10.2. The van der Waals surface area contributed by atoms with Crippen molar-refractivity contribution in [1.82, 2.24) is 0 Å². The van der Waals surface area contributed by atoms with Gasteiger partial charge in [0.2, 0.25) is 0 Å². The maximum atomic E-state index is 5.42. The molecule has 4 heteroatoms. The highest BCUT2D eigenvalue weighted by atomic mass is 28.4. The summed E-state index contributed by atoms with van der Waals surface area (Å²) in [6.07, 6.45) is 0.995. The van der Waals surface area contributed by atoms with Crippen LogP contribution < -0.4 is 5.19 Å². The van der Waals surface area contributed by atoms with Crippen LogP contribution >= 0.6 is 0 Å². The van der Waals surface area contributed by atoms with Crippen molar-refractivity contribution in [2.24, 2.45) is 0 Å². The van der Waals surface area contributed by atoms with Gasteiger partial charge >= 0.3 is 8.80 Å². The molecule has 0 atom stereocenters. The number of hydrogen-bond acceptors (Lipinski definition) is 3. The molecule has 0 aromatic heterocycles. The highest BCUT2D eigenvalue weighted by Gasteiger charge is 2.40. The van der Waals surface area contributed by atoms with Crippen molar-refractivity contribution in [2.45, 2.75) is 13.3 Å². The lowest BCUT2D eigenvalue weighted by molar-refractivity contribution is 0.140. The lowest BCUT2D eigenvalue weighted by Crippen LogP contribution is -2.54. The van der Waals surface area contributed by atoms with Gasteiger partial charge in [0.15, 0.2) is 0 Å².